The number of hydrogen-bond donors (Lipinski definition) is 1. The van der Waals surface area contributed by atoms with Crippen molar-refractivity contribution < 1.29 is 14.6 Å². The molecule has 0 saturated heterocycles. The van der Waals surface area contributed by atoms with Crippen LogP contribution in [-0.2, 0) is 9.53 Å². The maximum atomic E-state index is 11.9. The molecule has 3 nitrogen and oxygen atoms in total. The van der Waals surface area contributed by atoms with Crippen molar-refractivity contribution in [1.29, 1.82) is 0 Å². The number of carbonyl (C=O) groups is 1. The predicted octanol–water partition coefficient (Wildman–Crippen LogP) is 2.52. The van der Waals surface area contributed by atoms with Crippen molar-refractivity contribution in [2.75, 3.05) is 6.61 Å². The minimum Gasteiger partial charge on any atom is -0.464 e. The van der Waals surface area contributed by atoms with Gasteiger partial charge in [0.05, 0.1) is 6.61 Å². The van der Waals surface area contributed by atoms with Gasteiger partial charge in [0.25, 0.3) is 0 Å². The van der Waals surface area contributed by atoms with E-state index in [1.165, 1.54) is 0 Å². The topological polar surface area (TPSA) is 46.5 Å². The molecule has 3 atom stereocenters. The van der Waals surface area contributed by atoms with Crippen molar-refractivity contribution in [1.82, 2.24) is 0 Å². The Morgan fingerprint density at radius 1 is 1.44 bits per heavy atom. The fourth-order valence-electron chi connectivity index (χ4n) is 2.93. The highest BCUT2D eigenvalue weighted by molar-refractivity contribution is 5.79. The van der Waals surface area contributed by atoms with Crippen molar-refractivity contribution in [3.63, 3.8) is 0 Å². The Morgan fingerprint density at radius 3 is 2.56 bits per heavy atom. The van der Waals surface area contributed by atoms with E-state index in [-0.39, 0.29) is 5.92 Å². The molecule has 3 unspecified atom stereocenters. The van der Waals surface area contributed by atoms with Crippen molar-refractivity contribution in [2.45, 2.75) is 58.5 Å². The zero-order valence-electron chi connectivity index (χ0n) is 10.7. The summed E-state index contributed by atoms with van der Waals surface area (Å²) in [6, 6.07) is 0. The van der Waals surface area contributed by atoms with Gasteiger partial charge in [0.2, 0.25) is 0 Å². The molecule has 0 aromatic rings. The van der Waals surface area contributed by atoms with E-state index < -0.39 is 11.6 Å². The highest BCUT2D eigenvalue weighted by Crippen LogP contribution is 2.41. The molecule has 1 fully saturated rings. The van der Waals surface area contributed by atoms with Gasteiger partial charge in [-0.15, -0.1) is 0 Å². The Hall–Kier alpha value is -0.570. The first kappa shape index (κ1) is 13.5. The van der Waals surface area contributed by atoms with Crippen LogP contribution < -0.4 is 0 Å². The van der Waals surface area contributed by atoms with E-state index >= 15 is 0 Å². The highest BCUT2D eigenvalue weighted by Gasteiger charge is 2.48. The van der Waals surface area contributed by atoms with Crippen LogP contribution in [0.2, 0.25) is 0 Å². The summed E-state index contributed by atoms with van der Waals surface area (Å²) >= 11 is 0. The molecule has 0 spiro atoms. The van der Waals surface area contributed by atoms with Gasteiger partial charge in [-0.1, -0.05) is 33.1 Å². The minimum atomic E-state index is -1.25. The number of aliphatic hydroxyl groups is 1. The van der Waals surface area contributed by atoms with Gasteiger partial charge in [-0.25, -0.2) is 4.79 Å². The van der Waals surface area contributed by atoms with Crippen LogP contribution in [0.3, 0.4) is 0 Å². The Balaban J connectivity index is 2.81. The second kappa shape index (κ2) is 5.67. The molecule has 0 amide bonds. The molecule has 1 aliphatic carbocycles. The maximum absolute atomic E-state index is 11.9. The van der Waals surface area contributed by atoms with E-state index in [0.29, 0.717) is 18.9 Å². The first-order chi connectivity index (χ1) is 7.56. The lowest BCUT2D eigenvalue weighted by molar-refractivity contribution is -0.174. The molecule has 0 bridgehead atoms. The molecule has 16 heavy (non-hydrogen) atoms. The summed E-state index contributed by atoms with van der Waals surface area (Å²) in [5, 5.41) is 10.6. The number of rotatable bonds is 5. The summed E-state index contributed by atoms with van der Waals surface area (Å²) in [6.07, 6.45) is 4.48. The monoisotopic (exact) mass is 228 g/mol. The lowest BCUT2D eigenvalue weighted by Crippen LogP contribution is -2.48. The molecule has 94 valence electrons. The molecule has 1 saturated carbocycles. The standard InChI is InChI=1S/C13H24O3/c1-4-9-13(15,12(14)16-5-2)11-8-6-7-10(11)3/h10-11,15H,4-9H2,1-3H3. The fraction of sp³-hybridized carbons (Fsp3) is 0.923. The second-order valence-corrected chi connectivity index (χ2v) is 4.91. The van der Waals surface area contributed by atoms with Crippen molar-refractivity contribution in [3.8, 4) is 0 Å². The molecule has 1 rings (SSSR count). The average Bonchev–Trinajstić information content (AvgIpc) is 2.65. The third-order valence-corrected chi connectivity index (χ3v) is 3.73. The summed E-state index contributed by atoms with van der Waals surface area (Å²) < 4.78 is 5.03. The molecule has 0 aromatic heterocycles. The van der Waals surface area contributed by atoms with Gasteiger partial charge in [-0.2, -0.15) is 0 Å². The van der Waals surface area contributed by atoms with Crippen LogP contribution in [0, 0.1) is 11.8 Å². The van der Waals surface area contributed by atoms with E-state index in [2.05, 4.69) is 6.92 Å². The molecule has 0 heterocycles. The molecule has 3 heteroatoms. The van der Waals surface area contributed by atoms with E-state index in [1.54, 1.807) is 6.92 Å². The van der Waals surface area contributed by atoms with Crippen LogP contribution in [0.5, 0.6) is 0 Å². The second-order valence-electron chi connectivity index (χ2n) is 4.91. The Morgan fingerprint density at radius 2 is 2.12 bits per heavy atom. The summed E-state index contributed by atoms with van der Waals surface area (Å²) in [4.78, 5) is 11.9. The van der Waals surface area contributed by atoms with Crippen LogP contribution in [-0.4, -0.2) is 23.3 Å². The van der Waals surface area contributed by atoms with Gasteiger partial charge in [-0.05, 0) is 25.7 Å². The highest BCUT2D eigenvalue weighted by atomic mass is 16.5. The van der Waals surface area contributed by atoms with Gasteiger partial charge in [0.1, 0.15) is 0 Å². The van der Waals surface area contributed by atoms with Crippen LogP contribution in [0.25, 0.3) is 0 Å². The zero-order chi connectivity index (χ0) is 12.2. The van der Waals surface area contributed by atoms with Crippen LogP contribution in [0.15, 0.2) is 0 Å². The predicted molar refractivity (Wildman–Crippen MR) is 63.0 cm³/mol. The quantitative estimate of drug-likeness (QED) is 0.735. The summed E-state index contributed by atoms with van der Waals surface area (Å²) in [7, 11) is 0. The van der Waals surface area contributed by atoms with Crippen LogP contribution >= 0.6 is 0 Å². The fourth-order valence-corrected chi connectivity index (χ4v) is 2.93. The van der Waals surface area contributed by atoms with Gasteiger partial charge in [0.15, 0.2) is 5.60 Å². The third-order valence-electron chi connectivity index (χ3n) is 3.73. The van der Waals surface area contributed by atoms with Crippen LogP contribution in [0.1, 0.15) is 52.9 Å². The Labute approximate surface area is 98.2 Å². The molecule has 0 aromatic carbocycles. The maximum Gasteiger partial charge on any atom is 0.338 e. The van der Waals surface area contributed by atoms with Gasteiger partial charge in [0, 0.05) is 5.92 Å². The van der Waals surface area contributed by atoms with E-state index in [9.17, 15) is 9.90 Å². The third kappa shape index (κ3) is 2.57. The summed E-state index contributed by atoms with van der Waals surface area (Å²) in [6.45, 7) is 6.23. The Kier molecular flexibility index (Phi) is 4.78. The number of esters is 1. The molecule has 0 radical (unpaired) electrons. The van der Waals surface area contributed by atoms with Crippen molar-refractivity contribution in [2.24, 2.45) is 11.8 Å². The molecular weight excluding hydrogens is 204 g/mol. The van der Waals surface area contributed by atoms with Crippen molar-refractivity contribution >= 4 is 5.97 Å². The normalized spacial score (nSPS) is 28.8. The van der Waals surface area contributed by atoms with Gasteiger partial charge in [-0.3, -0.25) is 0 Å². The largest absolute Gasteiger partial charge is 0.464 e. The average molecular weight is 228 g/mol. The SMILES string of the molecule is CCCC(O)(C(=O)OCC)C1CCCC1C. The van der Waals surface area contributed by atoms with Gasteiger partial charge < -0.3 is 9.84 Å². The Bertz CT molecular complexity index is 239. The lowest BCUT2D eigenvalue weighted by atomic mass is 9.78. The first-order valence-corrected chi connectivity index (χ1v) is 6.45. The number of hydrogen-bond acceptors (Lipinski definition) is 3. The van der Waals surface area contributed by atoms with Crippen LogP contribution in [0.4, 0.5) is 0 Å². The lowest BCUT2D eigenvalue weighted by Gasteiger charge is -2.34. The van der Waals surface area contributed by atoms with E-state index in [1.807, 2.05) is 6.92 Å². The summed E-state index contributed by atoms with van der Waals surface area (Å²) in [5.74, 6) is 0.0723. The smallest absolute Gasteiger partial charge is 0.338 e. The number of ether oxygens (including phenoxy) is 1. The zero-order valence-corrected chi connectivity index (χ0v) is 10.7. The van der Waals surface area contributed by atoms with E-state index in [0.717, 1.165) is 25.7 Å². The van der Waals surface area contributed by atoms with Crippen molar-refractivity contribution in [3.05, 3.63) is 0 Å². The molecule has 1 N–H and O–H groups in total. The van der Waals surface area contributed by atoms with Gasteiger partial charge >= 0.3 is 5.97 Å². The molecule has 1 aliphatic rings. The minimum absolute atomic E-state index is 0.0755. The van der Waals surface area contributed by atoms with E-state index in [4.69, 9.17) is 4.74 Å². The first-order valence-electron chi connectivity index (χ1n) is 6.45. The molecular formula is C13H24O3. The molecule has 0 aliphatic heterocycles. The number of carbonyl (C=O) groups excluding carboxylic acids is 1. The summed E-state index contributed by atoms with van der Waals surface area (Å²) in [5.41, 5.74) is -1.25.